The van der Waals surface area contributed by atoms with Gasteiger partial charge in [0, 0.05) is 18.8 Å². The highest BCUT2D eigenvalue weighted by Gasteiger charge is 2.07. The summed E-state index contributed by atoms with van der Waals surface area (Å²) in [6.07, 6.45) is 1.65. The summed E-state index contributed by atoms with van der Waals surface area (Å²) in [5.74, 6) is 2.17. The molecular weight excluding hydrogens is 335 g/mol. The zero-order valence-corrected chi connectivity index (χ0v) is 14.5. The van der Waals surface area contributed by atoms with Crippen LogP contribution in [-0.4, -0.2) is 24.2 Å². The lowest BCUT2D eigenvalue weighted by Crippen LogP contribution is -2.05. The standard InChI is InChI=1S/C19H19FN4O2/c1-25-15-7-8-16(17(11-15)26-2)23-18-9-10-21-19(24-18)22-12-13-3-5-14(20)6-4-13/h3-11H,12H2,1-2H3,(H2,21,22,23,24). The number of benzene rings is 2. The van der Waals surface area contributed by atoms with Crippen LogP contribution in [0.3, 0.4) is 0 Å². The average Bonchev–Trinajstić information content (AvgIpc) is 2.68. The molecule has 2 N–H and O–H groups in total. The molecule has 0 saturated carbocycles. The molecule has 6 nitrogen and oxygen atoms in total. The molecule has 0 unspecified atom stereocenters. The summed E-state index contributed by atoms with van der Waals surface area (Å²) in [6, 6.07) is 13.5. The van der Waals surface area contributed by atoms with Crippen molar-refractivity contribution in [3.63, 3.8) is 0 Å². The Kier molecular flexibility index (Phi) is 5.48. The van der Waals surface area contributed by atoms with Gasteiger partial charge in [0.2, 0.25) is 5.95 Å². The number of halogens is 1. The highest BCUT2D eigenvalue weighted by Crippen LogP contribution is 2.31. The molecule has 0 radical (unpaired) electrons. The summed E-state index contributed by atoms with van der Waals surface area (Å²) in [6.45, 7) is 0.496. The van der Waals surface area contributed by atoms with Gasteiger partial charge in [-0.2, -0.15) is 4.98 Å². The Morgan fingerprint density at radius 3 is 2.54 bits per heavy atom. The van der Waals surface area contributed by atoms with Gasteiger partial charge in [0.05, 0.1) is 19.9 Å². The smallest absolute Gasteiger partial charge is 0.224 e. The fourth-order valence-electron chi connectivity index (χ4n) is 2.34. The van der Waals surface area contributed by atoms with E-state index < -0.39 is 0 Å². The van der Waals surface area contributed by atoms with Crippen molar-refractivity contribution in [1.29, 1.82) is 0 Å². The van der Waals surface area contributed by atoms with E-state index >= 15 is 0 Å². The summed E-state index contributed by atoms with van der Waals surface area (Å²) in [5, 5.41) is 6.32. The molecule has 134 valence electrons. The molecule has 0 fully saturated rings. The van der Waals surface area contributed by atoms with Crippen molar-refractivity contribution in [1.82, 2.24) is 9.97 Å². The molecule has 0 aliphatic rings. The quantitative estimate of drug-likeness (QED) is 0.669. The summed E-state index contributed by atoms with van der Waals surface area (Å²) in [5.41, 5.74) is 1.70. The number of hydrogen-bond acceptors (Lipinski definition) is 6. The molecule has 2 aromatic carbocycles. The van der Waals surface area contributed by atoms with Crippen LogP contribution in [0.4, 0.5) is 21.8 Å². The molecule has 1 heterocycles. The molecule has 3 rings (SSSR count). The highest BCUT2D eigenvalue weighted by molar-refractivity contribution is 5.66. The first kappa shape index (κ1) is 17.5. The predicted octanol–water partition coefficient (Wildman–Crippen LogP) is 3.99. The molecule has 26 heavy (non-hydrogen) atoms. The van der Waals surface area contributed by atoms with Crippen molar-refractivity contribution in [2.75, 3.05) is 24.9 Å². The fraction of sp³-hybridized carbons (Fsp3) is 0.158. The number of methoxy groups -OCH3 is 2. The molecule has 3 aromatic rings. The van der Waals surface area contributed by atoms with E-state index in [1.165, 1.54) is 12.1 Å². The van der Waals surface area contributed by atoms with E-state index in [1.807, 2.05) is 12.1 Å². The number of nitrogens with one attached hydrogen (secondary N) is 2. The summed E-state index contributed by atoms with van der Waals surface area (Å²) in [4.78, 5) is 8.62. The van der Waals surface area contributed by atoms with Crippen molar-refractivity contribution in [3.8, 4) is 11.5 Å². The molecule has 0 amide bonds. The van der Waals surface area contributed by atoms with Gasteiger partial charge < -0.3 is 20.1 Å². The van der Waals surface area contributed by atoms with Crippen molar-refractivity contribution in [2.24, 2.45) is 0 Å². The minimum atomic E-state index is -0.260. The van der Waals surface area contributed by atoms with Crippen LogP contribution in [0.25, 0.3) is 0 Å². The monoisotopic (exact) mass is 354 g/mol. The van der Waals surface area contributed by atoms with E-state index in [0.29, 0.717) is 29.8 Å². The maximum absolute atomic E-state index is 12.9. The Morgan fingerprint density at radius 1 is 1.00 bits per heavy atom. The van der Waals surface area contributed by atoms with Gasteiger partial charge in [-0.15, -0.1) is 0 Å². The van der Waals surface area contributed by atoms with E-state index in [1.54, 1.807) is 44.7 Å². The molecule has 0 atom stereocenters. The Morgan fingerprint density at radius 2 is 1.81 bits per heavy atom. The lowest BCUT2D eigenvalue weighted by atomic mass is 10.2. The topological polar surface area (TPSA) is 68.3 Å². The Hall–Kier alpha value is -3.35. The second-order valence-corrected chi connectivity index (χ2v) is 5.44. The molecule has 0 spiro atoms. The first-order valence-corrected chi connectivity index (χ1v) is 7.98. The maximum Gasteiger partial charge on any atom is 0.224 e. The van der Waals surface area contributed by atoms with Gasteiger partial charge >= 0.3 is 0 Å². The van der Waals surface area contributed by atoms with Gasteiger partial charge in [-0.1, -0.05) is 12.1 Å². The molecule has 0 aliphatic carbocycles. The number of ether oxygens (including phenoxy) is 2. The highest BCUT2D eigenvalue weighted by atomic mass is 19.1. The largest absolute Gasteiger partial charge is 0.497 e. The SMILES string of the molecule is COc1ccc(Nc2ccnc(NCc3ccc(F)cc3)n2)c(OC)c1. The van der Waals surface area contributed by atoms with Crippen LogP contribution in [0.15, 0.2) is 54.7 Å². The summed E-state index contributed by atoms with van der Waals surface area (Å²) < 4.78 is 23.5. The molecule has 1 aromatic heterocycles. The lowest BCUT2D eigenvalue weighted by molar-refractivity contribution is 0.395. The van der Waals surface area contributed by atoms with E-state index in [0.717, 1.165) is 11.3 Å². The van der Waals surface area contributed by atoms with Gasteiger partial charge in [-0.3, -0.25) is 0 Å². The van der Waals surface area contributed by atoms with Crippen LogP contribution in [0, 0.1) is 5.82 Å². The normalized spacial score (nSPS) is 10.3. The number of hydrogen-bond donors (Lipinski definition) is 2. The molecule has 0 saturated heterocycles. The summed E-state index contributed by atoms with van der Waals surface area (Å²) >= 11 is 0. The second kappa shape index (κ2) is 8.15. The Labute approximate surface area is 151 Å². The van der Waals surface area contributed by atoms with E-state index in [-0.39, 0.29) is 5.82 Å². The van der Waals surface area contributed by atoms with Gasteiger partial charge in [0.25, 0.3) is 0 Å². The van der Waals surface area contributed by atoms with E-state index in [9.17, 15) is 4.39 Å². The first-order chi connectivity index (χ1) is 12.7. The van der Waals surface area contributed by atoms with Crippen LogP contribution >= 0.6 is 0 Å². The fourth-order valence-corrected chi connectivity index (χ4v) is 2.34. The predicted molar refractivity (Wildman–Crippen MR) is 98.6 cm³/mol. The summed E-state index contributed by atoms with van der Waals surface area (Å²) in [7, 11) is 3.20. The van der Waals surface area contributed by atoms with Crippen LogP contribution < -0.4 is 20.1 Å². The van der Waals surface area contributed by atoms with Crippen molar-refractivity contribution in [2.45, 2.75) is 6.54 Å². The zero-order valence-electron chi connectivity index (χ0n) is 14.5. The van der Waals surface area contributed by atoms with Gasteiger partial charge in [-0.05, 0) is 35.9 Å². The number of aromatic nitrogens is 2. The molecule has 0 aliphatic heterocycles. The number of rotatable bonds is 7. The van der Waals surface area contributed by atoms with Crippen molar-refractivity contribution in [3.05, 3.63) is 66.1 Å². The molecular formula is C19H19FN4O2. The Balaban J connectivity index is 1.70. The van der Waals surface area contributed by atoms with Crippen LogP contribution in [0.5, 0.6) is 11.5 Å². The minimum Gasteiger partial charge on any atom is -0.497 e. The number of anilines is 3. The maximum atomic E-state index is 12.9. The third-order valence-corrected chi connectivity index (χ3v) is 3.69. The lowest BCUT2D eigenvalue weighted by Gasteiger charge is -2.12. The van der Waals surface area contributed by atoms with Crippen molar-refractivity contribution < 1.29 is 13.9 Å². The molecule has 7 heteroatoms. The second-order valence-electron chi connectivity index (χ2n) is 5.44. The van der Waals surface area contributed by atoms with Gasteiger partial charge in [-0.25, -0.2) is 9.37 Å². The minimum absolute atomic E-state index is 0.260. The number of nitrogens with zero attached hydrogens (tertiary/aromatic N) is 2. The first-order valence-electron chi connectivity index (χ1n) is 7.98. The average molecular weight is 354 g/mol. The molecule has 0 bridgehead atoms. The third-order valence-electron chi connectivity index (χ3n) is 3.69. The van der Waals surface area contributed by atoms with Gasteiger partial charge in [0.1, 0.15) is 23.1 Å². The third kappa shape index (κ3) is 4.38. The zero-order chi connectivity index (χ0) is 18.4. The van der Waals surface area contributed by atoms with E-state index in [2.05, 4.69) is 20.6 Å². The Bertz CT molecular complexity index is 872. The van der Waals surface area contributed by atoms with Crippen LogP contribution in [0.2, 0.25) is 0 Å². The van der Waals surface area contributed by atoms with Crippen molar-refractivity contribution >= 4 is 17.5 Å². The van der Waals surface area contributed by atoms with Crippen LogP contribution in [-0.2, 0) is 6.54 Å². The van der Waals surface area contributed by atoms with Crippen LogP contribution in [0.1, 0.15) is 5.56 Å². The van der Waals surface area contributed by atoms with E-state index in [4.69, 9.17) is 9.47 Å². The van der Waals surface area contributed by atoms with Gasteiger partial charge in [0.15, 0.2) is 0 Å².